The van der Waals surface area contributed by atoms with Gasteiger partial charge >= 0.3 is 0 Å². The predicted molar refractivity (Wildman–Crippen MR) is 57.5 cm³/mol. The van der Waals surface area contributed by atoms with Gasteiger partial charge in [-0.2, -0.15) is 0 Å². The summed E-state index contributed by atoms with van der Waals surface area (Å²) in [6.45, 7) is 3.12. The second kappa shape index (κ2) is 6.05. The molecule has 1 atom stereocenters. The molecular weight excluding hydrogens is 158 g/mol. The van der Waals surface area contributed by atoms with Gasteiger partial charge in [0.25, 0.3) is 0 Å². The molecule has 74 valence electrons. The fraction of sp³-hybridized carbons (Fsp3) is 0.833. The third kappa shape index (κ3) is 3.40. The minimum absolute atomic E-state index is 0.322. The van der Waals surface area contributed by atoms with E-state index in [4.69, 9.17) is 6.42 Å². The summed E-state index contributed by atoms with van der Waals surface area (Å²) in [4.78, 5) is 0. The van der Waals surface area contributed by atoms with Gasteiger partial charge in [-0.05, 0) is 25.3 Å². The maximum absolute atomic E-state index is 5.53. The molecule has 1 saturated carbocycles. The number of hydrogen-bond donors (Lipinski definition) is 1. The van der Waals surface area contributed by atoms with Crippen LogP contribution in [0.5, 0.6) is 0 Å². The van der Waals surface area contributed by atoms with Crippen LogP contribution in [0.2, 0.25) is 0 Å². The summed E-state index contributed by atoms with van der Waals surface area (Å²) in [6, 6.07) is 0.322. The summed E-state index contributed by atoms with van der Waals surface area (Å²) >= 11 is 0. The van der Waals surface area contributed by atoms with Crippen molar-refractivity contribution in [1.82, 2.24) is 5.32 Å². The molecule has 1 fully saturated rings. The smallest absolute Gasteiger partial charge is 0.0715 e. The lowest BCUT2D eigenvalue weighted by atomic mass is 9.92. The summed E-state index contributed by atoms with van der Waals surface area (Å²) in [5.41, 5.74) is 0. The molecule has 0 amide bonds. The largest absolute Gasteiger partial charge is 0.304 e. The number of terminal acetylenes is 1. The van der Waals surface area contributed by atoms with Crippen molar-refractivity contribution < 1.29 is 0 Å². The Morgan fingerprint density at radius 3 is 2.38 bits per heavy atom. The van der Waals surface area contributed by atoms with Crippen molar-refractivity contribution in [1.29, 1.82) is 0 Å². The van der Waals surface area contributed by atoms with Crippen molar-refractivity contribution in [2.24, 2.45) is 5.92 Å². The first-order valence-electron chi connectivity index (χ1n) is 5.58. The molecule has 0 saturated heterocycles. The molecule has 1 N–H and O–H groups in total. The highest BCUT2D eigenvalue weighted by atomic mass is 14.9. The SMILES string of the molecule is C#CC(NCC)C1CCCCCC1. The van der Waals surface area contributed by atoms with Gasteiger partial charge in [-0.25, -0.2) is 0 Å². The van der Waals surface area contributed by atoms with Gasteiger partial charge in [-0.15, -0.1) is 6.42 Å². The zero-order valence-corrected chi connectivity index (χ0v) is 8.68. The predicted octanol–water partition coefficient (Wildman–Crippen LogP) is 2.57. The van der Waals surface area contributed by atoms with Crippen molar-refractivity contribution in [3.63, 3.8) is 0 Å². The fourth-order valence-electron chi connectivity index (χ4n) is 2.23. The van der Waals surface area contributed by atoms with Crippen LogP contribution in [0.3, 0.4) is 0 Å². The first-order valence-corrected chi connectivity index (χ1v) is 5.58. The molecule has 13 heavy (non-hydrogen) atoms. The highest BCUT2D eigenvalue weighted by molar-refractivity contribution is 5.02. The monoisotopic (exact) mass is 179 g/mol. The Labute approximate surface area is 82.3 Å². The van der Waals surface area contributed by atoms with Crippen LogP contribution in [-0.2, 0) is 0 Å². The van der Waals surface area contributed by atoms with Gasteiger partial charge in [0.05, 0.1) is 6.04 Å². The first-order chi connectivity index (χ1) is 6.38. The van der Waals surface area contributed by atoms with Crippen LogP contribution >= 0.6 is 0 Å². The number of hydrogen-bond acceptors (Lipinski definition) is 1. The van der Waals surface area contributed by atoms with Crippen molar-refractivity contribution in [2.75, 3.05) is 6.54 Å². The Hall–Kier alpha value is -0.480. The van der Waals surface area contributed by atoms with Crippen molar-refractivity contribution in [3.05, 3.63) is 0 Å². The Bertz CT molecular complexity index is 160. The van der Waals surface area contributed by atoms with Gasteiger partial charge in [0, 0.05) is 0 Å². The van der Waals surface area contributed by atoms with E-state index < -0.39 is 0 Å². The van der Waals surface area contributed by atoms with E-state index in [1.165, 1.54) is 38.5 Å². The maximum Gasteiger partial charge on any atom is 0.0715 e. The van der Waals surface area contributed by atoms with Crippen LogP contribution in [0.4, 0.5) is 0 Å². The van der Waals surface area contributed by atoms with Crippen LogP contribution in [0.25, 0.3) is 0 Å². The second-order valence-corrected chi connectivity index (χ2v) is 3.95. The number of rotatable bonds is 3. The van der Waals surface area contributed by atoms with Gasteiger partial charge in [0.2, 0.25) is 0 Å². The minimum atomic E-state index is 0.322. The molecule has 1 rings (SSSR count). The summed E-state index contributed by atoms with van der Waals surface area (Å²) in [5.74, 6) is 3.62. The third-order valence-electron chi connectivity index (χ3n) is 2.97. The molecule has 0 aromatic heterocycles. The molecule has 1 unspecified atom stereocenters. The average Bonchev–Trinajstić information content (AvgIpc) is 2.42. The number of nitrogens with one attached hydrogen (secondary N) is 1. The van der Waals surface area contributed by atoms with Gasteiger partial charge in [0.1, 0.15) is 0 Å². The molecular formula is C12H21N. The van der Waals surface area contributed by atoms with Gasteiger partial charge < -0.3 is 5.32 Å². The summed E-state index contributed by atoms with van der Waals surface area (Å²) < 4.78 is 0. The fourth-order valence-corrected chi connectivity index (χ4v) is 2.23. The van der Waals surface area contributed by atoms with Crippen molar-refractivity contribution in [3.8, 4) is 12.3 Å². The van der Waals surface area contributed by atoms with Crippen LogP contribution < -0.4 is 5.32 Å². The van der Waals surface area contributed by atoms with Crippen LogP contribution in [0.1, 0.15) is 45.4 Å². The minimum Gasteiger partial charge on any atom is -0.304 e. The van der Waals surface area contributed by atoms with Gasteiger partial charge in [-0.3, -0.25) is 0 Å². The standard InChI is InChI=1S/C12H21N/c1-3-12(13-4-2)11-9-7-5-6-8-10-11/h1,11-13H,4-10H2,2H3. The molecule has 0 aliphatic heterocycles. The zero-order chi connectivity index (χ0) is 9.52. The van der Waals surface area contributed by atoms with E-state index in [0.29, 0.717) is 6.04 Å². The van der Waals surface area contributed by atoms with Gasteiger partial charge in [-0.1, -0.05) is 38.5 Å². The summed E-state index contributed by atoms with van der Waals surface area (Å²) in [7, 11) is 0. The molecule has 1 heteroatoms. The van der Waals surface area contributed by atoms with E-state index in [1.54, 1.807) is 0 Å². The maximum atomic E-state index is 5.53. The van der Waals surface area contributed by atoms with Crippen LogP contribution in [0, 0.1) is 18.3 Å². The van der Waals surface area contributed by atoms with Crippen LogP contribution in [0.15, 0.2) is 0 Å². The van der Waals surface area contributed by atoms with E-state index >= 15 is 0 Å². The summed E-state index contributed by atoms with van der Waals surface area (Å²) in [5, 5.41) is 3.39. The molecule has 0 spiro atoms. The highest BCUT2D eigenvalue weighted by Gasteiger charge is 2.19. The van der Waals surface area contributed by atoms with E-state index in [-0.39, 0.29) is 0 Å². The Balaban J connectivity index is 2.41. The normalized spacial score (nSPS) is 21.8. The van der Waals surface area contributed by atoms with Crippen molar-refractivity contribution >= 4 is 0 Å². The lowest BCUT2D eigenvalue weighted by Gasteiger charge is -2.21. The third-order valence-corrected chi connectivity index (χ3v) is 2.97. The van der Waals surface area contributed by atoms with E-state index in [2.05, 4.69) is 18.2 Å². The highest BCUT2D eigenvalue weighted by Crippen LogP contribution is 2.25. The lowest BCUT2D eigenvalue weighted by Crippen LogP contribution is -2.34. The summed E-state index contributed by atoms with van der Waals surface area (Å²) in [6.07, 6.45) is 13.7. The van der Waals surface area contributed by atoms with E-state index in [9.17, 15) is 0 Å². The molecule has 0 bridgehead atoms. The molecule has 0 aromatic carbocycles. The average molecular weight is 179 g/mol. The quantitative estimate of drug-likeness (QED) is 0.518. The first kappa shape index (κ1) is 10.6. The van der Waals surface area contributed by atoms with E-state index in [0.717, 1.165) is 12.5 Å². The second-order valence-electron chi connectivity index (χ2n) is 3.95. The molecule has 1 aliphatic rings. The Kier molecular flexibility index (Phi) is 4.93. The molecule has 1 aliphatic carbocycles. The topological polar surface area (TPSA) is 12.0 Å². The van der Waals surface area contributed by atoms with E-state index in [1.807, 2.05) is 0 Å². The Morgan fingerprint density at radius 1 is 1.31 bits per heavy atom. The van der Waals surface area contributed by atoms with Crippen LogP contribution in [-0.4, -0.2) is 12.6 Å². The van der Waals surface area contributed by atoms with Crippen molar-refractivity contribution in [2.45, 2.75) is 51.5 Å². The zero-order valence-electron chi connectivity index (χ0n) is 8.68. The molecule has 0 aromatic rings. The van der Waals surface area contributed by atoms with Gasteiger partial charge in [0.15, 0.2) is 0 Å². The molecule has 1 nitrogen and oxygen atoms in total. The lowest BCUT2D eigenvalue weighted by molar-refractivity contribution is 0.378. The molecule has 0 heterocycles. The molecule has 0 radical (unpaired) electrons. The Morgan fingerprint density at radius 2 is 1.92 bits per heavy atom.